The van der Waals surface area contributed by atoms with E-state index in [4.69, 9.17) is 22.7 Å². The number of nitrogens with one attached hydrogen (secondary N) is 2. The van der Waals surface area contributed by atoms with Gasteiger partial charge in [-0.1, -0.05) is 12.1 Å². The zero-order valence-corrected chi connectivity index (χ0v) is 10.7. The standard InChI is InChI=1S/C13H12ClN5/c14-13-17-6-5-12(19-13)18-11-3-1-9(2-4-11)10(7-15)8-16/h1-8,15H,16H2,(H,17,18,19). The molecular weight excluding hydrogens is 262 g/mol. The summed E-state index contributed by atoms with van der Waals surface area (Å²) in [4.78, 5) is 7.84. The number of aromatic nitrogens is 2. The van der Waals surface area contributed by atoms with Crippen molar-refractivity contribution in [2.75, 3.05) is 5.32 Å². The van der Waals surface area contributed by atoms with Gasteiger partial charge in [-0.05, 0) is 35.4 Å². The van der Waals surface area contributed by atoms with E-state index in [0.717, 1.165) is 11.3 Å². The molecule has 0 radical (unpaired) electrons. The largest absolute Gasteiger partial charge is 0.404 e. The second-order valence-electron chi connectivity index (χ2n) is 3.68. The Bertz CT molecular complexity index is 607. The van der Waals surface area contributed by atoms with E-state index in [1.807, 2.05) is 24.3 Å². The van der Waals surface area contributed by atoms with Crippen molar-refractivity contribution in [2.45, 2.75) is 0 Å². The van der Waals surface area contributed by atoms with Crippen LogP contribution in [0, 0.1) is 5.41 Å². The second-order valence-corrected chi connectivity index (χ2v) is 4.02. The average molecular weight is 274 g/mol. The Morgan fingerprint density at radius 2 is 2.00 bits per heavy atom. The van der Waals surface area contributed by atoms with Crippen LogP contribution in [0.5, 0.6) is 0 Å². The molecule has 19 heavy (non-hydrogen) atoms. The molecule has 0 aliphatic rings. The summed E-state index contributed by atoms with van der Waals surface area (Å²) in [6.07, 6.45) is 4.20. The van der Waals surface area contributed by atoms with Crippen LogP contribution in [0.1, 0.15) is 5.56 Å². The predicted octanol–water partition coefficient (Wildman–Crippen LogP) is 2.82. The van der Waals surface area contributed by atoms with E-state index in [-0.39, 0.29) is 5.28 Å². The highest BCUT2D eigenvalue weighted by molar-refractivity contribution is 6.28. The molecule has 2 rings (SSSR count). The number of allylic oxidation sites excluding steroid dienone is 1. The summed E-state index contributed by atoms with van der Waals surface area (Å²) in [6.45, 7) is 0. The van der Waals surface area contributed by atoms with E-state index in [0.29, 0.717) is 11.4 Å². The van der Waals surface area contributed by atoms with Gasteiger partial charge < -0.3 is 16.5 Å². The van der Waals surface area contributed by atoms with Crippen LogP contribution in [-0.4, -0.2) is 16.2 Å². The Morgan fingerprint density at radius 1 is 1.26 bits per heavy atom. The molecule has 0 saturated heterocycles. The number of hydrogen-bond acceptors (Lipinski definition) is 5. The number of benzene rings is 1. The van der Waals surface area contributed by atoms with Crippen LogP contribution in [0.4, 0.5) is 11.5 Å². The zero-order chi connectivity index (χ0) is 13.7. The lowest BCUT2D eigenvalue weighted by Crippen LogP contribution is -1.95. The number of hydrogen-bond donors (Lipinski definition) is 3. The molecule has 4 N–H and O–H groups in total. The molecule has 0 saturated carbocycles. The molecule has 0 spiro atoms. The molecule has 96 valence electrons. The first-order valence-electron chi connectivity index (χ1n) is 5.51. The fraction of sp³-hybridized carbons (Fsp3) is 0. The summed E-state index contributed by atoms with van der Waals surface area (Å²) in [6, 6.07) is 9.21. The van der Waals surface area contributed by atoms with E-state index >= 15 is 0 Å². The Kier molecular flexibility index (Phi) is 4.10. The first kappa shape index (κ1) is 13.0. The minimum Gasteiger partial charge on any atom is -0.404 e. The fourth-order valence-electron chi connectivity index (χ4n) is 1.53. The molecule has 1 heterocycles. The van der Waals surface area contributed by atoms with Crippen molar-refractivity contribution in [1.82, 2.24) is 9.97 Å². The van der Waals surface area contributed by atoms with Gasteiger partial charge in [0, 0.05) is 29.9 Å². The molecule has 2 aromatic rings. The molecule has 0 amide bonds. The minimum absolute atomic E-state index is 0.193. The molecular formula is C13H12ClN5. The van der Waals surface area contributed by atoms with Crippen molar-refractivity contribution in [1.29, 1.82) is 5.41 Å². The predicted molar refractivity (Wildman–Crippen MR) is 77.7 cm³/mol. The van der Waals surface area contributed by atoms with Crippen LogP contribution < -0.4 is 11.1 Å². The molecule has 1 aromatic carbocycles. The second kappa shape index (κ2) is 5.97. The number of rotatable bonds is 4. The summed E-state index contributed by atoms with van der Waals surface area (Å²) in [5.74, 6) is 0.620. The lowest BCUT2D eigenvalue weighted by Gasteiger charge is -2.07. The number of halogens is 1. The highest BCUT2D eigenvalue weighted by Crippen LogP contribution is 2.18. The summed E-state index contributed by atoms with van der Waals surface area (Å²) < 4.78 is 0. The SMILES string of the molecule is N=CC(=CN)c1ccc(Nc2ccnc(Cl)n2)cc1. The summed E-state index contributed by atoms with van der Waals surface area (Å²) in [7, 11) is 0. The maximum Gasteiger partial charge on any atom is 0.224 e. The fourth-order valence-corrected chi connectivity index (χ4v) is 1.67. The third kappa shape index (κ3) is 3.29. The molecule has 1 aromatic heterocycles. The van der Waals surface area contributed by atoms with E-state index in [9.17, 15) is 0 Å². The summed E-state index contributed by atoms with van der Waals surface area (Å²) >= 11 is 5.71. The topological polar surface area (TPSA) is 87.7 Å². The van der Waals surface area contributed by atoms with E-state index in [1.165, 1.54) is 12.4 Å². The van der Waals surface area contributed by atoms with Gasteiger partial charge in [-0.3, -0.25) is 0 Å². The summed E-state index contributed by atoms with van der Waals surface area (Å²) in [5.41, 5.74) is 7.84. The Morgan fingerprint density at radius 3 is 2.58 bits per heavy atom. The van der Waals surface area contributed by atoms with E-state index in [2.05, 4.69) is 15.3 Å². The maximum absolute atomic E-state index is 7.23. The van der Waals surface area contributed by atoms with Gasteiger partial charge in [-0.2, -0.15) is 0 Å². The van der Waals surface area contributed by atoms with Crippen molar-refractivity contribution >= 4 is 34.9 Å². The number of anilines is 2. The van der Waals surface area contributed by atoms with Gasteiger partial charge >= 0.3 is 0 Å². The molecule has 0 atom stereocenters. The monoisotopic (exact) mass is 273 g/mol. The van der Waals surface area contributed by atoms with Crippen molar-refractivity contribution < 1.29 is 0 Å². The van der Waals surface area contributed by atoms with Crippen LogP contribution in [0.15, 0.2) is 42.7 Å². The highest BCUT2D eigenvalue weighted by Gasteiger charge is 2.00. The molecule has 0 aliphatic heterocycles. The minimum atomic E-state index is 0.193. The molecule has 0 fully saturated rings. The normalized spacial score (nSPS) is 11.1. The number of nitrogens with zero attached hydrogens (tertiary/aromatic N) is 2. The third-order valence-electron chi connectivity index (χ3n) is 2.45. The quantitative estimate of drug-likeness (QED) is 0.590. The Hall–Kier alpha value is -2.40. The first-order chi connectivity index (χ1) is 9.22. The smallest absolute Gasteiger partial charge is 0.224 e. The summed E-state index contributed by atoms with van der Waals surface area (Å²) in [5, 5.41) is 10.5. The van der Waals surface area contributed by atoms with Gasteiger partial charge in [0.15, 0.2) is 0 Å². The maximum atomic E-state index is 7.23. The van der Waals surface area contributed by atoms with Crippen molar-refractivity contribution in [3.8, 4) is 0 Å². The van der Waals surface area contributed by atoms with Crippen LogP contribution in [-0.2, 0) is 0 Å². The Labute approximate surface area is 115 Å². The van der Waals surface area contributed by atoms with Crippen molar-refractivity contribution in [3.05, 3.63) is 53.6 Å². The molecule has 6 heteroatoms. The van der Waals surface area contributed by atoms with Gasteiger partial charge in [0.05, 0.1) is 0 Å². The molecule has 0 unspecified atom stereocenters. The number of nitrogens with two attached hydrogens (primary N) is 1. The van der Waals surface area contributed by atoms with Crippen molar-refractivity contribution in [2.24, 2.45) is 5.73 Å². The molecule has 5 nitrogen and oxygen atoms in total. The van der Waals surface area contributed by atoms with Gasteiger partial charge in [0.1, 0.15) is 5.82 Å². The third-order valence-corrected chi connectivity index (χ3v) is 2.63. The van der Waals surface area contributed by atoms with E-state index in [1.54, 1.807) is 12.3 Å². The molecule has 0 bridgehead atoms. The zero-order valence-electron chi connectivity index (χ0n) is 9.97. The Balaban J connectivity index is 2.17. The lowest BCUT2D eigenvalue weighted by atomic mass is 10.1. The first-order valence-corrected chi connectivity index (χ1v) is 5.89. The van der Waals surface area contributed by atoms with Gasteiger partial charge in [-0.15, -0.1) is 0 Å². The molecule has 0 aliphatic carbocycles. The van der Waals surface area contributed by atoms with Crippen LogP contribution in [0.25, 0.3) is 5.57 Å². The van der Waals surface area contributed by atoms with Crippen LogP contribution in [0.3, 0.4) is 0 Å². The highest BCUT2D eigenvalue weighted by atomic mass is 35.5. The van der Waals surface area contributed by atoms with Gasteiger partial charge in [-0.25, -0.2) is 9.97 Å². The van der Waals surface area contributed by atoms with Gasteiger partial charge in [0.25, 0.3) is 0 Å². The van der Waals surface area contributed by atoms with Crippen LogP contribution >= 0.6 is 11.6 Å². The van der Waals surface area contributed by atoms with Gasteiger partial charge in [0.2, 0.25) is 5.28 Å². The van der Waals surface area contributed by atoms with E-state index < -0.39 is 0 Å². The lowest BCUT2D eigenvalue weighted by molar-refractivity contribution is 1.17. The van der Waals surface area contributed by atoms with Crippen molar-refractivity contribution in [3.63, 3.8) is 0 Å². The van der Waals surface area contributed by atoms with Crippen LogP contribution in [0.2, 0.25) is 5.28 Å². The average Bonchev–Trinajstić information content (AvgIpc) is 2.42.